The Balaban J connectivity index is 1.61. The summed E-state index contributed by atoms with van der Waals surface area (Å²) in [6, 6.07) is 1.08. The molecule has 2 aliphatic heterocycles. The van der Waals surface area contributed by atoms with Crippen molar-refractivity contribution < 1.29 is 14.4 Å². The van der Waals surface area contributed by atoms with Gasteiger partial charge in [0, 0.05) is 6.20 Å². The highest BCUT2D eigenvalue weighted by Gasteiger charge is 2.36. The first kappa shape index (κ1) is 14.8. The summed E-state index contributed by atoms with van der Waals surface area (Å²) >= 11 is 0. The minimum absolute atomic E-state index is 0.155. The van der Waals surface area contributed by atoms with Gasteiger partial charge in [0.05, 0.1) is 56.2 Å². The van der Waals surface area contributed by atoms with Gasteiger partial charge in [-0.3, -0.25) is 14.4 Å². The molecule has 4 rings (SSSR count). The summed E-state index contributed by atoms with van der Waals surface area (Å²) in [7, 11) is 0. The molecule has 9 heteroatoms. The Morgan fingerprint density at radius 1 is 1.25 bits per heavy atom. The van der Waals surface area contributed by atoms with E-state index >= 15 is 0 Å². The van der Waals surface area contributed by atoms with E-state index in [0.717, 1.165) is 12.1 Å². The van der Waals surface area contributed by atoms with Crippen LogP contribution < -0.4 is 0 Å². The Morgan fingerprint density at radius 3 is 2.92 bits per heavy atom. The summed E-state index contributed by atoms with van der Waals surface area (Å²) < 4.78 is 1.82. The van der Waals surface area contributed by atoms with Crippen LogP contribution in [0, 0.1) is 0 Å². The van der Waals surface area contributed by atoms with E-state index in [0.29, 0.717) is 25.3 Å². The molecular weight excluding hydrogens is 312 g/mol. The van der Waals surface area contributed by atoms with Gasteiger partial charge in [0.25, 0.3) is 11.8 Å². The number of aromatic nitrogens is 4. The zero-order valence-electron chi connectivity index (χ0n) is 12.9. The lowest BCUT2D eigenvalue weighted by Crippen LogP contribution is -2.47. The number of carbonyl (C=O) groups excluding carboxylic acids is 2. The standard InChI is InChI=1S/C15H16N6O3/c22-14(11-2-3-17-18-6-11)19-8-12-7-16-10-20(12)13(9-19)15(23)21-4-1-5-24-21/h2-3,6-7,10,13H,1,4-5,8-9H2. The van der Waals surface area contributed by atoms with E-state index in [-0.39, 0.29) is 18.4 Å². The van der Waals surface area contributed by atoms with Crippen molar-refractivity contribution in [2.24, 2.45) is 0 Å². The average Bonchev–Trinajstić information content (AvgIpc) is 3.31. The topological polar surface area (TPSA) is 93.5 Å². The molecule has 0 bridgehead atoms. The first-order chi connectivity index (χ1) is 11.7. The molecule has 4 heterocycles. The predicted octanol–water partition coefficient (Wildman–Crippen LogP) is 0.0341. The van der Waals surface area contributed by atoms with Crippen LogP contribution in [0.5, 0.6) is 0 Å². The van der Waals surface area contributed by atoms with Crippen molar-refractivity contribution in [3.63, 3.8) is 0 Å². The highest BCUT2D eigenvalue weighted by molar-refractivity contribution is 5.94. The monoisotopic (exact) mass is 328 g/mol. The number of carbonyl (C=O) groups is 2. The molecule has 1 saturated heterocycles. The third kappa shape index (κ3) is 2.52. The third-order valence-corrected chi connectivity index (χ3v) is 4.23. The molecule has 1 fully saturated rings. The van der Waals surface area contributed by atoms with E-state index in [1.54, 1.807) is 23.5 Å². The minimum Gasteiger partial charge on any atom is -0.330 e. The first-order valence-electron chi connectivity index (χ1n) is 7.75. The second kappa shape index (κ2) is 6.00. The predicted molar refractivity (Wildman–Crippen MR) is 80.3 cm³/mol. The number of nitrogens with zero attached hydrogens (tertiary/aromatic N) is 6. The van der Waals surface area contributed by atoms with Crippen molar-refractivity contribution in [1.29, 1.82) is 0 Å². The number of fused-ring (bicyclic) bond motifs is 1. The molecule has 1 atom stereocenters. The molecule has 0 N–H and O–H groups in total. The molecule has 0 aliphatic carbocycles. The minimum atomic E-state index is -0.534. The van der Waals surface area contributed by atoms with Gasteiger partial charge in [-0.05, 0) is 12.5 Å². The second-order valence-electron chi connectivity index (χ2n) is 5.75. The maximum absolute atomic E-state index is 12.8. The molecule has 2 aliphatic rings. The molecule has 0 radical (unpaired) electrons. The van der Waals surface area contributed by atoms with E-state index in [1.165, 1.54) is 17.5 Å². The fraction of sp³-hybridized carbons (Fsp3) is 0.400. The van der Waals surface area contributed by atoms with Gasteiger partial charge in [0.2, 0.25) is 0 Å². The number of rotatable bonds is 2. The van der Waals surface area contributed by atoms with Crippen molar-refractivity contribution in [2.75, 3.05) is 19.7 Å². The van der Waals surface area contributed by atoms with Crippen LogP contribution in [0.4, 0.5) is 0 Å². The normalized spacial score (nSPS) is 20.1. The van der Waals surface area contributed by atoms with Gasteiger partial charge < -0.3 is 9.47 Å². The lowest BCUT2D eigenvalue weighted by Gasteiger charge is -2.34. The third-order valence-electron chi connectivity index (χ3n) is 4.23. The molecule has 124 valence electrons. The smallest absolute Gasteiger partial charge is 0.271 e. The Morgan fingerprint density at radius 2 is 2.17 bits per heavy atom. The SMILES string of the molecule is O=C(c1ccnnc1)N1Cc2cncn2C(C(=O)N2CCCO2)C1. The molecule has 2 aromatic rings. The summed E-state index contributed by atoms with van der Waals surface area (Å²) in [5, 5.41) is 8.81. The molecule has 2 aromatic heterocycles. The van der Waals surface area contributed by atoms with E-state index < -0.39 is 6.04 Å². The van der Waals surface area contributed by atoms with Crippen LogP contribution in [-0.4, -0.2) is 61.2 Å². The maximum atomic E-state index is 12.8. The zero-order chi connectivity index (χ0) is 16.5. The van der Waals surface area contributed by atoms with Crippen molar-refractivity contribution in [3.8, 4) is 0 Å². The van der Waals surface area contributed by atoms with Crippen LogP contribution >= 0.6 is 0 Å². The first-order valence-corrected chi connectivity index (χ1v) is 7.75. The molecule has 0 aromatic carbocycles. The van der Waals surface area contributed by atoms with E-state index in [9.17, 15) is 9.59 Å². The van der Waals surface area contributed by atoms with Crippen molar-refractivity contribution in [1.82, 2.24) is 29.7 Å². The maximum Gasteiger partial charge on any atom is 0.271 e. The van der Waals surface area contributed by atoms with Gasteiger partial charge in [-0.2, -0.15) is 10.2 Å². The lowest BCUT2D eigenvalue weighted by atomic mass is 10.1. The molecule has 24 heavy (non-hydrogen) atoms. The van der Waals surface area contributed by atoms with Gasteiger partial charge in [-0.15, -0.1) is 0 Å². The fourth-order valence-electron chi connectivity index (χ4n) is 3.03. The van der Waals surface area contributed by atoms with Crippen LogP contribution in [-0.2, 0) is 16.2 Å². The number of hydrogen-bond donors (Lipinski definition) is 0. The highest BCUT2D eigenvalue weighted by Crippen LogP contribution is 2.25. The van der Waals surface area contributed by atoms with Crippen LogP contribution in [0.2, 0.25) is 0 Å². The van der Waals surface area contributed by atoms with Crippen LogP contribution in [0.15, 0.2) is 31.0 Å². The molecule has 1 unspecified atom stereocenters. The van der Waals surface area contributed by atoms with E-state index in [1.807, 2.05) is 4.57 Å². The van der Waals surface area contributed by atoms with Gasteiger partial charge in [-0.1, -0.05) is 0 Å². The molecule has 9 nitrogen and oxygen atoms in total. The van der Waals surface area contributed by atoms with Gasteiger partial charge in [-0.25, -0.2) is 10.0 Å². The second-order valence-corrected chi connectivity index (χ2v) is 5.75. The summed E-state index contributed by atoms with van der Waals surface area (Å²) in [5.74, 6) is -0.338. The highest BCUT2D eigenvalue weighted by atomic mass is 16.7. The van der Waals surface area contributed by atoms with Crippen LogP contribution in [0.1, 0.15) is 28.5 Å². The summed E-state index contributed by atoms with van der Waals surface area (Å²) in [5.41, 5.74) is 1.26. The van der Waals surface area contributed by atoms with Gasteiger partial charge in [0.15, 0.2) is 0 Å². The van der Waals surface area contributed by atoms with Crippen molar-refractivity contribution >= 4 is 11.8 Å². The Bertz CT molecular complexity index is 756. The van der Waals surface area contributed by atoms with Gasteiger partial charge in [0.1, 0.15) is 6.04 Å². The number of amides is 2. The van der Waals surface area contributed by atoms with Crippen molar-refractivity contribution in [2.45, 2.75) is 19.0 Å². The van der Waals surface area contributed by atoms with Crippen molar-refractivity contribution in [3.05, 3.63) is 42.2 Å². The van der Waals surface area contributed by atoms with Gasteiger partial charge >= 0.3 is 0 Å². The quantitative estimate of drug-likeness (QED) is 0.772. The Labute approximate surface area is 137 Å². The lowest BCUT2D eigenvalue weighted by molar-refractivity contribution is -0.173. The summed E-state index contributed by atoms with van der Waals surface area (Å²) in [6.45, 7) is 1.77. The summed E-state index contributed by atoms with van der Waals surface area (Å²) in [6.07, 6.45) is 7.02. The fourth-order valence-corrected chi connectivity index (χ4v) is 3.03. The Hall–Kier alpha value is -2.81. The number of imidazole rings is 1. The van der Waals surface area contributed by atoms with Crippen LogP contribution in [0.25, 0.3) is 0 Å². The molecule has 0 saturated carbocycles. The van der Waals surface area contributed by atoms with E-state index in [4.69, 9.17) is 4.84 Å². The number of hydroxylamine groups is 2. The largest absolute Gasteiger partial charge is 0.330 e. The molecular formula is C15H16N6O3. The van der Waals surface area contributed by atoms with Crippen LogP contribution in [0.3, 0.4) is 0 Å². The zero-order valence-corrected chi connectivity index (χ0v) is 12.9. The molecule has 2 amide bonds. The summed E-state index contributed by atoms with van der Waals surface area (Å²) in [4.78, 5) is 36.6. The average molecular weight is 328 g/mol. The van der Waals surface area contributed by atoms with E-state index in [2.05, 4.69) is 15.2 Å². The number of hydrogen-bond acceptors (Lipinski definition) is 6. The Kier molecular flexibility index (Phi) is 3.69. The molecule has 0 spiro atoms.